The maximum absolute atomic E-state index is 12.9. The smallest absolute Gasteiger partial charge is 0.280 e. The number of hydrogen-bond acceptors (Lipinski definition) is 4. The van der Waals surface area contributed by atoms with Crippen LogP contribution >= 0.6 is 27.7 Å². The van der Waals surface area contributed by atoms with E-state index in [0.29, 0.717) is 11.3 Å². The van der Waals surface area contributed by atoms with E-state index >= 15 is 0 Å². The zero-order valence-electron chi connectivity index (χ0n) is 15.1. The van der Waals surface area contributed by atoms with Crippen LogP contribution in [0.2, 0.25) is 0 Å². The van der Waals surface area contributed by atoms with Crippen molar-refractivity contribution in [3.63, 3.8) is 0 Å². The summed E-state index contributed by atoms with van der Waals surface area (Å²) in [6, 6.07) is 11.4. The van der Waals surface area contributed by atoms with E-state index in [4.69, 9.17) is 5.26 Å². The predicted molar refractivity (Wildman–Crippen MR) is 113 cm³/mol. The lowest BCUT2D eigenvalue weighted by atomic mass is 10.1. The monoisotopic (exact) mass is 440 g/mol. The van der Waals surface area contributed by atoms with E-state index in [1.165, 1.54) is 0 Å². The molecule has 2 aromatic carbocycles. The Morgan fingerprint density at radius 2 is 2.00 bits per heavy atom. The van der Waals surface area contributed by atoms with Crippen LogP contribution < -0.4 is 5.56 Å². The van der Waals surface area contributed by atoms with Crippen molar-refractivity contribution in [1.82, 2.24) is 9.78 Å². The number of nitriles is 1. The lowest BCUT2D eigenvalue weighted by Crippen LogP contribution is -2.18. The van der Waals surface area contributed by atoms with Crippen LogP contribution in [0.4, 0.5) is 5.69 Å². The summed E-state index contributed by atoms with van der Waals surface area (Å²) in [4.78, 5) is 18.1. The van der Waals surface area contributed by atoms with Crippen LogP contribution in [0, 0.1) is 31.4 Å². The van der Waals surface area contributed by atoms with Gasteiger partial charge in [-0.1, -0.05) is 17.7 Å². The molecule has 0 unspecified atom stereocenters. The maximum atomic E-state index is 12.9. The molecule has 0 aliphatic rings. The minimum absolute atomic E-state index is 0.143. The number of aliphatic imine (C=N–C) groups is 1. The molecule has 7 heteroatoms. The van der Waals surface area contributed by atoms with Gasteiger partial charge >= 0.3 is 0 Å². The van der Waals surface area contributed by atoms with Gasteiger partial charge in [0.05, 0.1) is 16.9 Å². The van der Waals surface area contributed by atoms with E-state index in [2.05, 4.69) is 26.0 Å². The van der Waals surface area contributed by atoms with Crippen LogP contribution in [-0.4, -0.2) is 16.0 Å². The molecule has 0 saturated heterocycles. The van der Waals surface area contributed by atoms with Gasteiger partial charge in [0.15, 0.2) is 0 Å². The summed E-state index contributed by atoms with van der Waals surface area (Å²) in [5.41, 5.74) is 4.81. The third kappa shape index (κ3) is 4.07. The van der Waals surface area contributed by atoms with Gasteiger partial charge < -0.3 is 0 Å². The first-order valence-electron chi connectivity index (χ1n) is 8.19. The lowest BCUT2D eigenvalue weighted by molar-refractivity contribution is 0.828. The van der Waals surface area contributed by atoms with Crippen LogP contribution in [0.15, 0.2) is 55.6 Å². The highest BCUT2D eigenvalue weighted by atomic mass is 79.9. The second-order valence-corrected chi connectivity index (χ2v) is 7.86. The van der Waals surface area contributed by atoms with Crippen molar-refractivity contribution < 1.29 is 0 Å². The van der Waals surface area contributed by atoms with Crippen LogP contribution in [0.1, 0.15) is 22.4 Å². The zero-order chi connectivity index (χ0) is 19.6. The van der Waals surface area contributed by atoms with Gasteiger partial charge in [-0.3, -0.25) is 14.9 Å². The molecule has 27 heavy (non-hydrogen) atoms. The standard InChI is InChI=1S/C20H17BrN4OS/c1-12-4-7-19(13(2)8-12)25-20(26)16(14(3)24-25)10-23-18-6-5-15(27-11-22)9-17(18)21/h4-10,24H,1-3H3. The molecule has 1 N–H and O–H groups in total. The number of benzene rings is 2. The number of hydrogen-bond donors (Lipinski definition) is 1. The molecule has 1 heterocycles. The molecule has 3 aromatic rings. The minimum atomic E-state index is -0.143. The quantitative estimate of drug-likeness (QED) is 0.345. The molecule has 0 fully saturated rings. The normalized spacial score (nSPS) is 11.1. The number of nitrogens with one attached hydrogen (secondary N) is 1. The Morgan fingerprint density at radius 1 is 1.22 bits per heavy atom. The molecular formula is C20H17BrN4OS. The summed E-state index contributed by atoms with van der Waals surface area (Å²) in [5, 5.41) is 13.9. The van der Waals surface area contributed by atoms with Crippen molar-refractivity contribution in [1.29, 1.82) is 5.26 Å². The largest absolute Gasteiger partial charge is 0.295 e. The van der Waals surface area contributed by atoms with Gasteiger partial charge in [-0.05, 0) is 78.3 Å². The van der Waals surface area contributed by atoms with Crippen LogP contribution in [-0.2, 0) is 0 Å². The number of aromatic amines is 1. The average Bonchev–Trinajstić information content (AvgIpc) is 2.89. The zero-order valence-corrected chi connectivity index (χ0v) is 17.5. The highest BCUT2D eigenvalue weighted by molar-refractivity contribution is 9.10. The van der Waals surface area contributed by atoms with Crippen LogP contribution in [0.3, 0.4) is 0 Å². The SMILES string of the molecule is Cc1ccc(-n2[nH]c(C)c(C=Nc3ccc(SC#N)cc3Br)c2=O)c(C)c1. The molecule has 3 rings (SSSR count). The third-order valence-electron chi connectivity index (χ3n) is 4.13. The van der Waals surface area contributed by atoms with Crippen molar-refractivity contribution in [3.05, 3.63) is 73.6 Å². The molecule has 0 aliphatic carbocycles. The van der Waals surface area contributed by atoms with E-state index in [1.807, 2.05) is 62.6 Å². The Hall–Kier alpha value is -2.56. The fraction of sp³-hybridized carbons (Fsp3) is 0.150. The van der Waals surface area contributed by atoms with Gasteiger partial charge in [0.2, 0.25) is 0 Å². The van der Waals surface area contributed by atoms with E-state index in [9.17, 15) is 4.79 Å². The van der Waals surface area contributed by atoms with Crippen LogP contribution in [0.25, 0.3) is 5.69 Å². The predicted octanol–water partition coefficient (Wildman–Crippen LogP) is 5.18. The lowest BCUT2D eigenvalue weighted by Gasteiger charge is -2.06. The summed E-state index contributed by atoms with van der Waals surface area (Å²) < 4.78 is 2.31. The molecule has 0 atom stereocenters. The highest BCUT2D eigenvalue weighted by Gasteiger charge is 2.12. The number of rotatable bonds is 4. The molecule has 0 radical (unpaired) electrons. The highest BCUT2D eigenvalue weighted by Crippen LogP contribution is 2.30. The molecule has 5 nitrogen and oxygen atoms in total. The third-order valence-corrected chi connectivity index (χ3v) is 5.34. The second-order valence-electron chi connectivity index (χ2n) is 6.15. The van der Waals surface area contributed by atoms with Crippen molar-refractivity contribution in [2.24, 2.45) is 4.99 Å². The summed E-state index contributed by atoms with van der Waals surface area (Å²) in [7, 11) is 0. The number of thiocyanates is 1. The molecule has 1 aromatic heterocycles. The van der Waals surface area contributed by atoms with Gasteiger partial charge in [0.1, 0.15) is 5.40 Å². The first-order chi connectivity index (χ1) is 12.9. The number of aryl methyl sites for hydroxylation is 3. The molecule has 0 bridgehead atoms. The van der Waals surface area contributed by atoms with Gasteiger partial charge in [-0.25, -0.2) is 4.68 Å². The summed E-state index contributed by atoms with van der Waals surface area (Å²) in [6.07, 6.45) is 1.57. The fourth-order valence-electron chi connectivity index (χ4n) is 2.78. The van der Waals surface area contributed by atoms with Gasteiger partial charge in [-0.2, -0.15) is 5.26 Å². The molecule has 136 valence electrons. The number of aromatic nitrogens is 2. The van der Waals surface area contributed by atoms with Gasteiger partial charge in [-0.15, -0.1) is 0 Å². The summed E-state index contributed by atoms with van der Waals surface area (Å²) in [6.45, 7) is 5.86. The first kappa shape index (κ1) is 19.2. The Bertz CT molecular complexity index is 1140. The summed E-state index contributed by atoms with van der Waals surface area (Å²) >= 11 is 4.54. The van der Waals surface area contributed by atoms with Gasteiger partial charge in [0.25, 0.3) is 5.56 Å². The van der Waals surface area contributed by atoms with Crippen molar-refractivity contribution in [3.8, 4) is 11.1 Å². The van der Waals surface area contributed by atoms with Crippen molar-refractivity contribution >= 4 is 39.6 Å². The van der Waals surface area contributed by atoms with E-state index in [0.717, 1.165) is 43.6 Å². The van der Waals surface area contributed by atoms with Crippen LogP contribution in [0.5, 0.6) is 0 Å². The molecule has 0 aliphatic heterocycles. The van der Waals surface area contributed by atoms with Crippen molar-refractivity contribution in [2.45, 2.75) is 25.7 Å². The number of H-pyrrole nitrogens is 1. The van der Waals surface area contributed by atoms with E-state index < -0.39 is 0 Å². The van der Waals surface area contributed by atoms with Gasteiger partial charge in [0, 0.05) is 21.3 Å². The summed E-state index contributed by atoms with van der Waals surface area (Å²) in [5.74, 6) is 0. The number of halogens is 1. The second kappa shape index (κ2) is 7.99. The average molecular weight is 441 g/mol. The topological polar surface area (TPSA) is 73.9 Å². The Morgan fingerprint density at radius 3 is 2.67 bits per heavy atom. The molecule has 0 saturated carbocycles. The Balaban J connectivity index is 1.97. The number of thioether (sulfide) groups is 1. The Labute approximate surface area is 169 Å². The first-order valence-corrected chi connectivity index (χ1v) is 9.80. The molecular weight excluding hydrogens is 424 g/mol. The number of nitrogens with zero attached hydrogens (tertiary/aromatic N) is 3. The molecule has 0 spiro atoms. The molecule has 0 amide bonds. The van der Waals surface area contributed by atoms with E-state index in [1.54, 1.807) is 10.9 Å². The maximum Gasteiger partial charge on any atom is 0.280 e. The van der Waals surface area contributed by atoms with E-state index in [-0.39, 0.29) is 5.56 Å². The van der Waals surface area contributed by atoms with Crippen molar-refractivity contribution in [2.75, 3.05) is 0 Å². The fourth-order valence-corrected chi connectivity index (χ4v) is 3.83. The minimum Gasteiger partial charge on any atom is -0.295 e. The Kier molecular flexibility index (Phi) is 5.68.